The van der Waals surface area contributed by atoms with E-state index in [1.165, 1.54) is 0 Å². The van der Waals surface area contributed by atoms with Gasteiger partial charge in [-0.05, 0) is 28.5 Å². The molecule has 4 aromatic rings. The number of benzene rings is 4. The van der Waals surface area contributed by atoms with Crippen LogP contribution in [0.1, 0.15) is 5.56 Å². The van der Waals surface area contributed by atoms with Gasteiger partial charge in [0.1, 0.15) is 6.61 Å². The molecule has 0 heterocycles. The zero-order valence-corrected chi connectivity index (χ0v) is 19.4. The largest absolute Gasteiger partial charge is 0.464 e. The van der Waals surface area contributed by atoms with Crippen molar-refractivity contribution in [2.45, 2.75) is 11.3 Å². The lowest BCUT2D eigenvalue weighted by Crippen LogP contribution is -2.28. The number of nitrogens with zero attached hydrogens (tertiary/aromatic N) is 1. The number of carbonyl (C=O) groups is 1. The third-order valence-electron chi connectivity index (χ3n) is 5.50. The predicted octanol–water partition coefficient (Wildman–Crippen LogP) is 4.12. The molecule has 0 amide bonds. The van der Waals surface area contributed by atoms with Crippen LogP contribution in [0, 0.1) is 0 Å². The SMILES string of the molecule is CN(C)c1cccc2c(S(=O)(=O)NCCOC(=O)Cc3cccc4ccccc34)cccc12. The first-order chi connectivity index (χ1) is 15.9. The van der Waals surface area contributed by atoms with Crippen LogP contribution in [0.25, 0.3) is 21.5 Å². The molecule has 0 spiro atoms. The summed E-state index contributed by atoms with van der Waals surface area (Å²) in [5.41, 5.74) is 1.82. The molecule has 33 heavy (non-hydrogen) atoms. The van der Waals surface area contributed by atoms with E-state index in [0.29, 0.717) is 5.39 Å². The van der Waals surface area contributed by atoms with Gasteiger partial charge in [-0.15, -0.1) is 0 Å². The van der Waals surface area contributed by atoms with Crippen molar-refractivity contribution in [3.63, 3.8) is 0 Å². The second kappa shape index (κ2) is 9.60. The van der Waals surface area contributed by atoms with Crippen LogP contribution in [0.4, 0.5) is 5.69 Å². The summed E-state index contributed by atoms with van der Waals surface area (Å²) in [4.78, 5) is 14.5. The van der Waals surface area contributed by atoms with E-state index in [1.807, 2.05) is 79.7 Å². The second-order valence-electron chi connectivity index (χ2n) is 7.96. The fraction of sp³-hybridized carbons (Fsp3) is 0.192. The zero-order chi connectivity index (χ0) is 23.4. The Morgan fingerprint density at radius 3 is 2.33 bits per heavy atom. The van der Waals surface area contributed by atoms with Crippen molar-refractivity contribution in [2.75, 3.05) is 32.1 Å². The van der Waals surface area contributed by atoms with Crippen LogP contribution in [0.2, 0.25) is 0 Å². The Hall–Kier alpha value is -3.42. The lowest BCUT2D eigenvalue weighted by Gasteiger charge is -2.17. The summed E-state index contributed by atoms with van der Waals surface area (Å²) in [6, 6.07) is 24.4. The Bertz CT molecular complexity index is 1410. The van der Waals surface area contributed by atoms with Crippen LogP contribution >= 0.6 is 0 Å². The van der Waals surface area contributed by atoms with Crippen molar-refractivity contribution in [1.29, 1.82) is 0 Å². The number of hydrogen-bond acceptors (Lipinski definition) is 5. The minimum absolute atomic E-state index is 0.00658. The number of ether oxygens (including phenoxy) is 1. The van der Waals surface area contributed by atoms with E-state index >= 15 is 0 Å². The van der Waals surface area contributed by atoms with E-state index in [-0.39, 0.29) is 24.5 Å². The quantitative estimate of drug-likeness (QED) is 0.315. The maximum Gasteiger partial charge on any atom is 0.310 e. The molecular formula is C26H26N2O4S. The molecule has 0 unspecified atom stereocenters. The van der Waals surface area contributed by atoms with Crippen LogP contribution in [0.15, 0.2) is 83.8 Å². The maximum absolute atomic E-state index is 12.9. The van der Waals surface area contributed by atoms with Crippen molar-refractivity contribution >= 4 is 43.2 Å². The highest BCUT2D eigenvalue weighted by Gasteiger charge is 2.18. The Labute approximate surface area is 193 Å². The normalized spacial score (nSPS) is 11.6. The number of fused-ring (bicyclic) bond motifs is 2. The summed E-state index contributed by atoms with van der Waals surface area (Å²) >= 11 is 0. The summed E-state index contributed by atoms with van der Waals surface area (Å²) in [6.45, 7) is -0.0517. The summed E-state index contributed by atoms with van der Waals surface area (Å²) < 4.78 is 33.7. The molecule has 4 rings (SSSR count). The minimum atomic E-state index is -3.77. The summed E-state index contributed by atoms with van der Waals surface area (Å²) in [6.07, 6.45) is 0.130. The lowest BCUT2D eigenvalue weighted by atomic mass is 10.0. The van der Waals surface area contributed by atoms with Crippen molar-refractivity contribution in [3.8, 4) is 0 Å². The average Bonchev–Trinajstić information content (AvgIpc) is 2.81. The number of carbonyl (C=O) groups excluding carboxylic acids is 1. The fourth-order valence-corrected chi connectivity index (χ4v) is 5.19. The summed E-state index contributed by atoms with van der Waals surface area (Å²) in [5, 5.41) is 3.56. The molecule has 0 bridgehead atoms. The van der Waals surface area contributed by atoms with Gasteiger partial charge in [-0.2, -0.15) is 0 Å². The maximum atomic E-state index is 12.9. The van der Waals surface area contributed by atoms with E-state index in [2.05, 4.69) is 4.72 Å². The lowest BCUT2D eigenvalue weighted by molar-refractivity contribution is -0.142. The molecule has 0 aromatic heterocycles. The number of anilines is 1. The molecule has 0 aliphatic rings. The molecule has 0 fully saturated rings. The van der Waals surface area contributed by atoms with Gasteiger partial charge in [0.25, 0.3) is 0 Å². The Morgan fingerprint density at radius 2 is 1.52 bits per heavy atom. The summed E-state index contributed by atoms with van der Waals surface area (Å²) in [5.74, 6) is -0.397. The highest BCUT2D eigenvalue weighted by molar-refractivity contribution is 7.89. The van der Waals surface area contributed by atoms with Gasteiger partial charge in [0.15, 0.2) is 0 Å². The zero-order valence-electron chi connectivity index (χ0n) is 18.6. The Morgan fingerprint density at radius 1 is 0.848 bits per heavy atom. The highest BCUT2D eigenvalue weighted by Crippen LogP contribution is 2.30. The fourth-order valence-electron chi connectivity index (χ4n) is 3.96. The predicted molar refractivity (Wildman–Crippen MR) is 132 cm³/mol. The smallest absolute Gasteiger partial charge is 0.310 e. The van der Waals surface area contributed by atoms with Crippen molar-refractivity contribution in [2.24, 2.45) is 0 Å². The molecule has 0 radical (unpaired) electrons. The van der Waals surface area contributed by atoms with Crippen LogP contribution in [-0.2, 0) is 26.0 Å². The Balaban J connectivity index is 1.39. The van der Waals surface area contributed by atoms with Crippen LogP contribution in [0.5, 0.6) is 0 Å². The number of esters is 1. The number of nitrogens with one attached hydrogen (secondary N) is 1. The van der Waals surface area contributed by atoms with Gasteiger partial charge in [0.2, 0.25) is 10.0 Å². The van der Waals surface area contributed by atoms with Crippen LogP contribution in [0.3, 0.4) is 0 Å². The standard InChI is InChI=1S/C26H26N2O4S/c1-28(2)24-14-6-13-23-22(24)12-7-15-25(23)33(30,31)27-16-17-32-26(29)18-20-10-5-9-19-8-3-4-11-21(19)20/h3-15,27H,16-18H2,1-2H3. The topological polar surface area (TPSA) is 75.7 Å². The first-order valence-corrected chi connectivity index (χ1v) is 12.2. The first-order valence-electron chi connectivity index (χ1n) is 10.7. The van der Waals surface area contributed by atoms with Gasteiger partial charge >= 0.3 is 5.97 Å². The monoisotopic (exact) mass is 462 g/mol. The van der Waals surface area contributed by atoms with E-state index in [9.17, 15) is 13.2 Å². The van der Waals surface area contributed by atoms with Crippen LogP contribution in [-0.4, -0.2) is 41.6 Å². The molecule has 7 heteroatoms. The third kappa shape index (κ3) is 4.99. The van der Waals surface area contributed by atoms with Gasteiger partial charge in [0, 0.05) is 37.1 Å². The molecule has 0 saturated heterocycles. The molecule has 0 aliphatic carbocycles. The van der Waals surface area contributed by atoms with Gasteiger partial charge in [-0.3, -0.25) is 4.79 Å². The van der Waals surface area contributed by atoms with Gasteiger partial charge < -0.3 is 9.64 Å². The molecule has 1 N–H and O–H groups in total. The van der Waals surface area contributed by atoms with Gasteiger partial charge in [-0.1, -0.05) is 66.7 Å². The molecular weight excluding hydrogens is 436 g/mol. The molecule has 0 atom stereocenters. The molecule has 4 aromatic carbocycles. The first kappa shape index (κ1) is 22.8. The van der Waals surface area contributed by atoms with Crippen molar-refractivity contribution in [3.05, 3.63) is 84.4 Å². The van der Waals surface area contributed by atoms with Crippen molar-refractivity contribution < 1.29 is 17.9 Å². The highest BCUT2D eigenvalue weighted by atomic mass is 32.2. The van der Waals surface area contributed by atoms with E-state index in [0.717, 1.165) is 27.4 Å². The Kier molecular flexibility index (Phi) is 6.62. The van der Waals surface area contributed by atoms with Crippen LogP contribution < -0.4 is 9.62 Å². The molecule has 0 saturated carbocycles. The molecule has 0 aliphatic heterocycles. The van der Waals surface area contributed by atoms with E-state index < -0.39 is 16.0 Å². The van der Waals surface area contributed by atoms with E-state index in [1.54, 1.807) is 18.2 Å². The third-order valence-corrected chi connectivity index (χ3v) is 7.02. The average molecular weight is 463 g/mol. The number of hydrogen-bond donors (Lipinski definition) is 1. The molecule has 6 nitrogen and oxygen atoms in total. The number of rotatable bonds is 8. The number of sulfonamides is 1. The molecule has 170 valence electrons. The van der Waals surface area contributed by atoms with Crippen molar-refractivity contribution in [1.82, 2.24) is 4.72 Å². The van der Waals surface area contributed by atoms with E-state index in [4.69, 9.17) is 4.74 Å². The van der Waals surface area contributed by atoms with Gasteiger partial charge in [0.05, 0.1) is 11.3 Å². The summed E-state index contributed by atoms with van der Waals surface area (Å²) in [7, 11) is 0.0601. The van der Waals surface area contributed by atoms with Gasteiger partial charge in [-0.25, -0.2) is 13.1 Å². The second-order valence-corrected chi connectivity index (χ2v) is 9.69. The minimum Gasteiger partial charge on any atom is -0.464 e.